The molecule has 0 saturated carbocycles. The lowest BCUT2D eigenvalue weighted by molar-refractivity contribution is -0.295. The summed E-state index contributed by atoms with van der Waals surface area (Å²) < 4.78 is 30.7. The number of carbonyl (C=O) groups is 4. The summed E-state index contributed by atoms with van der Waals surface area (Å²) in [4.78, 5) is 60.8. The van der Waals surface area contributed by atoms with Crippen LogP contribution < -0.4 is 15.4 Å². The maximum Gasteiger partial charge on any atom is 0.316 e. The van der Waals surface area contributed by atoms with Crippen molar-refractivity contribution in [3.05, 3.63) is 60.2 Å². The van der Waals surface area contributed by atoms with Crippen molar-refractivity contribution in [3.63, 3.8) is 0 Å². The van der Waals surface area contributed by atoms with Crippen LogP contribution in [0.15, 0.2) is 59.8 Å². The Bertz CT molecular complexity index is 1980. The zero-order chi connectivity index (χ0) is 51.8. The Kier molecular flexibility index (Phi) is 23.0. The van der Waals surface area contributed by atoms with Crippen LogP contribution in [0.4, 0.5) is 0 Å². The highest BCUT2D eigenvalue weighted by Gasteiger charge is 2.51. The highest BCUT2D eigenvalue weighted by Crippen LogP contribution is 2.39. The SMILES string of the molecule is CC[C@@H]1OC(=O)[C@H](C)C(=O)[C@H](C)[C@@H](O[C@@H]2O[C@H](C)C[C@H](N(C)C)[C@H]2O)[C@@](C)(OC)C[C@@H](C)/C(=N\OCCNCCC(=O)CCC(=O)CCNCc2ccc(Oc3ccccc3)cc2)[C@H](C)[C@@H](O)[C@]1(C)O. The van der Waals surface area contributed by atoms with E-state index < -0.39 is 77.3 Å². The molecule has 70 heavy (non-hydrogen) atoms. The second kappa shape index (κ2) is 27.6. The van der Waals surface area contributed by atoms with Gasteiger partial charge in [-0.2, -0.15) is 0 Å². The minimum Gasteiger partial charge on any atom is -0.459 e. The van der Waals surface area contributed by atoms with E-state index in [1.807, 2.05) is 87.4 Å². The van der Waals surface area contributed by atoms with Gasteiger partial charge in [-0.25, -0.2) is 0 Å². The topological polar surface area (TPSA) is 224 Å². The number of ether oxygens (including phenoxy) is 5. The molecule has 0 unspecified atom stereocenters. The molecule has 13 atom stereocenters. The van der Waals surface area contributed by atoms with Crippen molar-refractivity contribution in [1.29, 1.82) is 0 Å². The highest BCUT2D eigenvalue weighted by molar-refractivity contribution is 6.00. The number of rotatable bonds is 22. The van der Waals surface area contributed by atoms with Gasteiger partial charge in [0.1, 0.15) is 53.4 Å². The van der Waals surface area contributed by atoms with E-state index in [2.05, 4.69) is 15.8 Å². The summed E-state index contributed by atoms with van der Waals surface area (Å²) >= 11 is 0. The van der Waals surface area contributed by atoms with Crippen molar-refractivity contribution in [2.24, 2.45) is 28.8 Å². The fourth-order valence-corrected chi connectivity index (χ4v) is 9.50. The third-order valence-corrected chi connectivity index (χ3v) is 14.0. The number of aliphatic hydroxyl groups excluding tert-OH is 2. The number of ketones is 3. The van der Waals surface area contributed by atoms with E-state index in [9.17, 15) is 34.5 Å². The molecule has 0 spiro atoms. The monoisotopic (exact) mass is 983 g/mol. The number of Topliss-reactive ketones (excluding diaryl/α,β-unsaturated/α-hetero) is 3. The third-order valence-electron chi connectivity index (χ3n) is 14.0. The van der Waals surface area contributed by atoms with Gasteiger partial charge in [0.05, 0.1) is 29.6 Å². The minimum absolute atomic E-state index is 0.0169. The molecule has 0 aliphatic carbocycles. The Hall–Kier alpha value is -4.17. The quantitative estimate of drug-likeness (QED) is 0.0431. The van der Waals surface area contributed by atoms with E-state index in [0.29, 0.717) is 44.7 Å². The first-order valence-electron chi connectivity index (χ1n) is 24.9. The first-order chi connectivity index (χ1) is 33.1. The largest absolute Gasteiger partial charge is 0.459 e. The smallest absolute Gasteiger partial charge is 0.316 e. The van der Waals surface area contributed by atoms with Crippen LogP contribution >= 0.6 is 0 Å². The van der Waals surface area contributed by atoms with Gasteiger partial charge in [0, 0.05) is 82.8 Å². The van der Waals surface area contributed by atoms with Crippen molar-refractivity contribution >= 4 is 29.0 Å². The van der Waals surface area contributed by atoms with Gasteiger partial charge >= 0.3 is 5.97 Å². The lowest BCUT2D eigenvalue weighted by Gasteiger charge is -2.47. The molecular weight excluding hydrogens is 901 g/mol. The van der Waals surface area contributed by atoms with E-state index in [1.165, 1.54) is 21.0 Å². The normalized spacial score (nSPS) is 32.0. The predicted octanol–water partition coefficient (Wildman–Crippen LogP) is 5.40. The Balaban J connectivity index is 1.35. The fourth-order valence-electron chi connectivity index (χ4n) is 9.50. The number of carbonyl (C=O) groups excluding carboxylic acids is 4. The standard InChI is InChI=1S/C53H82N4O13/c1-12-44-53(8,64)48(62)35(4)45(33(2)31-52(7,65-11)49(36(5)46(60)37(6)50(63)69-44)70-51-47(61)43(57(9)10)30-34(3)67-51)56-66-29-28-54-26-24-39(58)20-21-40(59)25-27-55-32-38-18-22-42(23-19-38)68-41-16-14-13-15-17-41/h13-19,22-23,33-37,43-44,47-49,51,54-55,61-62,64H,12,20-21,24-32H2,1-11H3/b56-45+/t33-,34-,35+,36+,37-,43+,44+,47-,48-,49-,51+,52+,53-/m1/s1. The summed E-state index contributed by atoms with van der Waals surface area (Å²) in [6.45, 7) is 15.3. The molecule has 2 aromatic carbocycles. The number of hydrogen-bond acceptors (Lipinski definition) is 17. The van der Waals surface area contributed by atoms with Gasteiger partial charge in [0.15, 0.2) is 12.1 Å². The van der Waals surface area contributed by atoms with Crippen LogP contribution in [-0.2, 0) is 49.5 Å². The van der Waals surface area contributed by atoms with Crippen molar-refractivity contribution in [2.45, 2.75) is 161 Å². The number of cyclic esters (lactones) is 1. The van der Waals surface area contributed by atoms with Crippen molar-refractivity contribution in [2.75, 3.05) is 47.4 Å². The fraction of sp³-hybridized carbons (Fsp3) is 0.679. The van der Waals surface area contributed by atoms with Crippen LogP contribution in [-0.4, -0.2) is 151 Å². The number of nitrogens with one attached hydrogen (secondary N) is 2. The van der Waals surface area contributed by atoms with Gasteiger partial charge in [0.25, 0.3) is 0 Å². The summed E-state index contributed by atoms with van der Waals surface area (Å²) in [5.74, 6) is -3.47. The molecule has 17 heteroatoms. The Morgan fingerprint density at radius 1 is 0.857 bits per heavy atom. The van der Waals surface area contributed by atoms with Crippen LogP contribution in [0, 0.1) is 23.7 Å². The molecule has 0 bridgehead atoms. The summed E-state index contributed by atoms with van der Waals surface area (Å²) in [5.41, 5.74) is -1.81. The van der Waals surface area contributed by atoms with Crippen molar-refractivity contribution < 1.29 is 63.0 Å². The summed E-state index contributed by atoms with van der Waals surface area (Å²) in [6, 6.07) is 17.0. The minimum atomic E-state index is -1.96. The van der Waals surface area contributed by atoms with Crippen molar-refractivity contribution in [3.8, 4) is 11.5 Å². The molecular formula is C53H82N4O13. The Morgan fingerprint density at radius 2 is 1.47 bits per heavy atom. The first-order valence-corrected chi connectivity index (χ1v) is 24.9. The molecule has 392 valence electrons. The summed E-state index contributed by atoms with van der Waals surface area (Å²) in [6.07, 6.45) is -4.48. The second-order valence-corrected chi connectivity index (χ2v) is 19.9. The predicted molar refractivity (Wildman–Crippen MR) is 265 cm³/mol. The van der Waals surface area contributed by atoms with E-state index in [0.717, 1.165) is 17.1 Å². The van der Waals surface area contributed by atoms with E-state index in [-0.39, 0.29) is 62.4 Å². The van der Waals surface area contributed by atoms with Crippen molar-refractivity contribution in [1.82, 2.24) is 15.5 Å². The van der Waals surface area contributed by atoms with Crippen LogP contribution in [0.2, 0.25) is 0 Å². The lowest BCUT2D eigenvalue weighted by Crippen LogP contribution is -2.60. The maximum atomic E-state index is 14.2. The van der Waals surface area contributed by atoms with Gasteiger partial charge in [-0.1, -0.05) is 63.2 Å². The zero-order valence-electron chi connectivity index (χ0n) is 43.4. The van der Waals surface area contributed by atoms with Crippen LogP contribution in [0.3, 0.4) is 0 Å². The number of likely N-dealkylation sites (N-methyl/N-ethyl adjacent to an activating group) is 1. The van der Waals surface area contributed by atoms with Crippen LogP contribution in [0.5, 0.6) is 11.5 Å². The molecule has 2 aliphatic rings. The zero-order valence-corrected chi connectivity index (χ0v) is 43.4. The number of para-hydroxylation sites is 1. The van der Waals surface area contributed by atoms with Gasteiger partial charge in [-0.3, -0.25) is 19.2 Å². The number of hydrogen-bond donors (Lipinski definition) is 5. The third kappa shape index (κ3) is 16.4. The average Bonchev–Trinajstić information content (AvgIpc) is 3.33. The maximum absolute atomic E-state index is 14.2. The first kappa shape index (κ1) is 58.4. The molecule has 2 fully saturated rings. The molecule has 0 amide bonds. The van der Waals surface area contributed by atoms with E-state index in [4.69, 9.17) is 28.5 Å². The molecule has 4 rings (SSSR count). The molecule has 2 saturated heterocycles. The lowest BCUT2D eigenvalue weighted by atomic mass is 9.74. The van der Waals surface area contributed by atoms with Gasteiger partial charge in [-0.05, 0) is 90.9 Å². The van der Waals surface area contributed by atoms with Gasteiger partial charge in [0.2, 0.25) is 0 Å². The number of benzene rings is 2. The van der Waals surface area contributed by atoms with E-state index in [1.54, 1.807) is 27.7 Å². The molecule has 17 nitrogen and oxygen atoms in total. The number of oxime groups is 1. The van der Waals surface area contributed by atoms with Gasteiger partial charge in [-0.15, -0.1) is 0 Å². The number of methoxy groups -OCH3 is 1. The van der Waals surface area contributed by atoms with Gasteiger partial charge < -0.3 is 59.4 Å². The molecule has 2 aliphatic heterocycles. The highest BCUT2D eigenvalue weighted by atomic mass is 16.7. The number of nitrogens with zero attached hydrogens (tertiary/aromatic N) is 2. The molecule has 0 radical (unpaired) electrons. The summed E-state index contributed by atoms with van der Waals surface area (Å²) in [7, 11) is 5.22. The Labute approximate surface area is 415 Å². The number of esters is 1. The molecule has 0 aromatic heterocycles. The molecule has 2 heterocycles. The van der Waals surface area contributed by atoms with E-state index >= 15 is 0 Å². The number of aliphatic hydroxyl groups is 3. The average molecular weight is 983 g/mol. The molecule has 2 aromatic rings. The van der Waals surface area contributed by atoms with Crippen LogP contribution in [0.25, 0.3) is 0 Å². The molecule has 5 N–H and O–H groups in total. The Morgan fingerprint density at radius 3 is 2.07 bits per heavy atom. The van der Waals surface area contributed by atoms with Crippen LogP contribution in [0.1, 0.15) is 106 Å². The second-order valence-electron chi connectivity index (χ2n) is 19.9. The summed E-state index contributed by atoms with van der Waals surface area (Å²) in [5, 5.41) is 46.2.